The molecule has 1 aromatic rings. The number of fused-ring (bicyclic) bond motifs is 1. The fraction of sp³-hybridized carbons (Fsp3) is 0.435. The van der Waals surface area contributed by atoms with E-state index in [0.717, 1.165) is 25.7 Å². The van der Waals surface area contributed by atoms with Gasteiger partial charge in [-0.25, -0.2) is 0 Å². The molecule has 0 aromatic heterocycles. The van der Waals surface area contributed by atoms with Gasteiger partial charge in [0, 0.05) is 23.6 Å². The van der Waals surface area contributed by atoms with Gasteiger partial charge in [-0.05, 0) is 38.2 Å². The molecule has 2 nitrogen and oxygen atoms in total. The summed E-state index contributed by atoms with van der Waals surface area (Å²) in [5.41, 5.74) is 7.26. The second kappa shape index (κ2) is 8.84. The number of hydrogen-bond acceptors (Lipinski definition) is 1. The highest BCUT2D eigenvalue weighted by Crippen LogP contribution is 2.29. The summed E-state index contributed by atoms with van der Waals surface area (Å²) < 4.78 is 7.54. The number of benzene rings is 1. The second-order valence-electron chi connectivity index (χ2n) is 6.96. The zero-order chi connectivity index (χ0) is 18.4. The van der Waals surface area contributed by atoms with Crippen molar-refractivity contribution in [2.45, 2.75) is 46.5 Å². The number of hydrogen-bond donors (Lipinski definition) is 0. The Bertz CT molecular complexity index is 721. The van der Waals surface area contributed by atoms with Crippen molar-refractivity contribution >= 4 is 11.4 Å². The van der Waals surface area contributed by atoms with Crippen LogP contribution in [0.3, 0.4) is 0 Å². The van der Waals surface area contributed by atoms with Gasteiger partial charge in [0.15, 0.2) is 5.71 Å². The fourth-order valence-electron chi connectivity index (χ4n) is 3.59. The molecule has 0 amide bonds. The first-order chi connectivity index (χ1) is 12.0. The predicted octanol–water partition coefficient (Wildman–Crippen LogP) is 5.82. The Morgan fingerprint density at radius 2 is 2.04 bits per heavy atom. The zero-order valence-electron chi connectivity index (χ0n) is 16.4. The minimum atomic E-state index is 0.446. The van der Waals surface area contributed by atoms with E-state index in [4.69, 9.17) is 4.74 Å². The van der Waals surface area contributed by atoms with Crippen LogP contribution in [0.4, 0.5) is 5.69 Å². The van der Waals surface area contributed by atoms with E-state index in [1.165, 1.54) is 28.1 Å². The average molecular weight is 339 g/mol. The Morgan fingerprint density at radius 1 is 1.32 bits per heavy atom. The van der Waals surface area contributed by atoms with Crippen LogP contribution in [0, 0.1) is 5.92 Å². The number of ether oxygens (including phenoxy) is 1. The summed E-state index contributed by atoms with van der Waals surface area (Å²) in [6.45, 7) is 10.7. The Morgan fingerprint density at radius 3 is 2.72 bits per heavy atom. The summed E-state index contributed by atoms with van der Waals surface area (Å²) in [6.07, 6.45) is 8.51. The lowest BCUT2D eigenvalue weighted by molar-refractivity contribution is -0.406. The van der Waals surface area contributed by atoms with Gasteiger partial charge in [-0.15, -0.1) is 0 Å². The lowest BCUT2D eigenvalue weighted by Crippen LogP contribution is -2.20. The van der Waals surface area contributed by atoms with E-state index in [2.05, 4.69) is 69.3 Å². The van der Waals surface area contributed by atoms with Crippen LogP contribution in [0.15, 0.2) is 59.9 Å². The van der Waals surface area contributed by atoms with E-state index in [0.29, 0.717) is 11.7 Å². The monoisotopic (exact) mass is 338 g/mol. The molecular weight excluding hydrogens is 306 g/mol. The zero-order valence-corrected chi connectivity index (χ0v) is 16.4. The van der Waals surface area contributed by atoms with E-state index < -0.39 is 0 Å². The van der Waals surface area contributed by atoms with Crippen molar-refractivity contribution in [2.24, 2.45) is 5.92 Å². The van der Waals surface area contributed by atoms with E-state index >= 15 is 0 Å². The van der Waals surface area contributed by atoms with Gasteiger partial charge in [-0.3, -0.25) is 0 Å². The minimum Gasteiger partial charge on any atom is -0.497 e. The lowest BCUT2D eigenvalue weighted by atomic mass is 9.88. The molecule has 0 N–H and O–H groups in total. The van der Waals surface area contributed by atoms with Crippen molar-refractivity contribution in [2.75, 3.05) is 14.2 Å². The lowest BCUT2D eigenvalue weighted by Gasteiger charge is -2.19. The molecule has 1 atom stereocenters. The SMILES string of the molecule is C=C(C=CC(C)CC1=C(C)CCc2ccccc2[N+](C)=C1CC)OC. The number of aryl methyl sites for hydroxylation is 1. The first-order valence-corrected chi connectivity index (χ1v) is 9.25. The van der Waals surface area contributed by atoms with E-state index in [-0.39, 0.29) is 0 Å². The van der Waals surface area contributed by atoms with Gasteiger partial charge in [0.05, 0.1) is 7.11 Å². The molecule has 1 aromatic carbocycles. The number of methoxy groups -OCH3 is 1. The molecule has 0 bridgehead atoms. The van der Waals surface area contributed by atoms with Crippen LogP contribution in [-0.4, -0.2) is 24.4 Å². The van der Waals surface area contributed by atoms with Gasteiger partial charge in [-0.1, -0.05) is 50.3 Å². The summed E-state index contributed by atoms with van der Waals surface area (Å²) in [5, 5.41) is 0. The first-order valence-electron chi connectivity index (χ1n) is 9.25. The smallest absolute Gasteiger partial charge is 0.208 e. The van der Waals surface area contributed by atoms with E-state index in [1.807, 2.05) is 6.08 Å². The van der Waals surface area contributed by atoms with Gasteiger partial charge in [-0.2, -0.15) is 4.58 Å². The third kappa shape index (κ3) is 4.72. The van der Waals surface area contributed by atoms with Gasteiger partial charge < -0.3 is 4.74 Å². The van der Waals surface area contributed by atoms with Gasteiger partial charge >= 0.3 is 0 Å². The highest BCUT2D eigenvalue weighted by Gasteiger charge is 2.24. The molecule has 1 aliphatic heterocycles. The summed E-state index contributed by atoms with van der Waals surface area (Å²) in [7, 11) is 3.87. The third-order valence-corrected chi connectivity index (χ3v) is 5.12. The Labute approximate surface area is 153 Å². The molecule has 0 saturated heterocycles. The molecule has 1 unspecified atom stereocenters. The summed E-state index contributed by atoms with van der Waals surface area (Å²) in [5.74, 6) is 1.16. The normalized spacial score (nSPS) is 16.5. The number of allylic oxidation sites excluding steroid dienone is 4. The van der Waals surface area contributed by atoms with Crippen molar-refractivity contribution in [1.29, 1.82) is 0 Å². The molecule has 1 aliphatic rings. The fourth-order valence-corrected chi connectivity index (χ4v) is 3.59. The summed E-state index contributed by atoms with van der Waals surface area (Å²) >= 11 is 0. The first kappa shape index (κ1) is 19.2. The van der Waals surface area contributed by atoms with Crippen molar-refractivity contribution in [3.63, 3.8) is 0 Å². The van der Waals surface area contributed by atoms with Crippen LogP contribution < -0.4 is 0 Å². The van der Waals surface area contributed by atoms with E-state index in [1.54, 1.807) is 7.11 Å². The Kier molecular flexibility index (Phi) is 6.81. The third-order valence-electron chi connectivity index (χ3n) is 5.12. The highest BCUT2D eigenvalue weighted by molar-refractivity contribution is 5.97. The molecule has 0 saturated carbocycles. The maximum atomic E-state index is 5.14. The molecule has 0 radical (unpaired) electrons. The number of rotatable bonds is 6. The maximum absolute atomic E-state index is 5.14. The second-order valence-corrected chi connectivity index (χ2v) is 6.96. The van der Waals surface area contributed by atoms with Gasteiger partial charge in [0.25, 0.3) is 0 Å². The van der Waals surface area contributed by atoms with Crippen LogP contribution in [0.1, 0.15) is 45.6 Å². The van der Waals surface area contributed by atoms with Crippen LogP contribution in [0.5, 0.6) is 0 Å². The van der Waals surface area contributed by atoms with Crippen LogP contribution in [0.2, 0.25) is 0 Å². The van der Waals surface area contributed by atoms with Crippen LogP contribution >= 0.6 is 0 Å². The molecule has 134 valence electrons. The Balaban J connectivity index is 2.38. The maximum Gasteiger partial charge on any atom is 0.208 e. The van der Waals surface area contributed by atoms with Crippen molar-refractivity contribution in [1.82, 2.24) is 0 Å². The molecule has 25 heavy (non-hydrogen) atoms. The predicted molar refractivity (Wildman–Crippen MR) is 108 cm³/mol. The molecule has 1 heterocycles. The molecule has 0 aliphatic carbocycles. The molecule has 2 heteroatoms. The largest absolute Gasteiger partial charge is 0.497 e. The van der Waals surface area contributed by atoms with Crippen molar-refractivity contribution < 1.29 is 9.31 Å². The quantitative estimate of drug-likeness (QED) is 0.362. The summed E-state index contributed by atoms with van der Waals surface area (Å²) in [4.78, 5) is 0. The summed E-state index contributed by atoms with van der Waals surface area (Å²) in [6, 6.07) is 8.80. The molecular formula is C23H32NO+. The Hall–Kier alpha value is -2.09. The van der Waals surface area contributed by atoms with Crippen molar-refractivity contribution in [3.8, 4) is 0 Å². The van der Waals surface area contributed by atoms with Crippen LogP contribution in [-0.2, 0) is 11.2 Å². The minimum absolute atomic E-state index is 0.446. The molecule has 0 fully saturated rings. The number of para-hydroxylation sites is 1. The standard InChI is InChI=1S/C23H32NO/c1-7-22-21(16-17(2)12-14-19(4)25-6)18(3)13-15-20-10-8-9-11-23(20)24(22)5/h8-12,14,17H,4,7,13,15-16H2,1-3,5-6H3/q+1. The average Bonchev–Trinajstić information content (AvgIpc) is 2.63. The van der Waals surface area contributed by atoms with E-state index in [9.17, 15) is 0 Å². The van der Waals surface area contributed by atoms with Gasteiger partial charge in [0.1, 0.15) is 12.8 Å². The highest BCUT2D eigenvalue weighted by atomic mass is 16.5. The molecule has 0 spiro atoms. The van der Waals surface area contributed by atoms with Gasteiger partial charge in [0.2, 0.25) is 5.69 Å². The topological polar surface area (TPSA) is 12.2 Å². The van der Waals surface area contributed by atoms with Crippen molar-refractivity contribution in [3.05, 3.63) is 65.5 Å². The number of nitrogens with zero attached hydrogens (tertiary/aromatic N) is 1. The van der Waals surface area contributed by atoms with Crippen LogP contribution in [0.25, 0.3) is 0 Å². The molecule has 2 rings (SSSR count).